The van der Waals surface area contributed by atoms with Crippen LogP contribution in [0, 0.1) is 3.57 Å². The Balaban J connectivity index is 2.63. The first-order valence-electron chi connectivity index (χ1n) is 5.82. The predicted molar refractivity (Wildman–Crippen MR) is 79.2 cm³/mol. The largest absolute Gasteiger partial charge is 0.480 e. The maximum absolute atomic E-state index is 11.9. The van der Waals surface area contributed by atoms with Crippen LogP contribution in [0.4, 0.5) is 0 Å². The van der Waals surface area contributed by atoms with Gasteiger partial charge in [0.2, 0.25) is 0 Å². The fourth-order valence-corrected chi connectivity index (χ4v) is 2.10. The Kier molecular flexibility index (Phi) is 6.79. The van der Waals surface area contributed by atoms with E-state index in [2.05, 4.69) is 27.9 Å². The molecule has 0 bridgehead atoms. The van der Waals surface area contributed by atoms with E-state index in [-0.39, 0.29) is 5.91 Å². The normalized spacial score (nSPS) is 11.9. The molecule has 104 valence electrons. The van der Waals surface area contributed by atoms with Crippen molar-refractivity contribution in [3.8, 4) is 0 Å². The van der Waals surface area contributed by atoms with Crippen molar-refractivity contribution in [2.75, 3.05) is 13.7 Å². The molecule has 5 nitrogen and oxygen atoms in total. The number of carboxylic acids is 1. The number of carbonyl (C=O) groups is 2. The highest BCUT2D eigenvalue weighted by atomic mass is 127. The second-order valence-electron chi connectivity index (χ2n) is 4.01. The molecule has 0 aliphatic carbocycles. The van der Waals surface area contributed by atoms with E-state index in [9.17, 15) is 9.59 Å². The van der Waals surface area contributed by atoms with Crippen molar-refractivity contribution < 1.29 is 19.4 Å². The minimum absolute atomic E-state index is 0.346. The molecule has 19 heavy (non-hydrogen) atoms. The number of ether oxygens (including phenoxy) is 1. The maximum Gasteiger partial charge on any atom is 0.326 e. The molecule has 2 N–H and O–H groups in total. The van der Waals surface area contributed by atoms with Gasteiger partial charge in [0.15, 0.2) is 0 Å². The molecule has 1 rings (SSSR count). The van der Waals surface area contributed by atoms with Gasteiger partial charge in [0.05, 0.1) is 0 Å². The van der Waals surface area contributed by atoms with Crippen LogP contribution >= 0.6 is 22.6 Å². The number of aliphatic carboxylic acids is 1. The molecule has 6 heteroatoms. The lowest BCUT2D eigenvalue weighted by Crippen LogP contribution is -2.40. The van der Waals surface area contributed by atoms with Crippen LogP contribution in [0.25, 0.3) is 0 Å². The van der Waals surface area contributed by atoms with E-state index < -0.39 is 12.0 Å². The topological polar surface area (TPSA) is 75.6 Å². The highest BCUT2D eigenvalue weighted by Crippen LogP contribution is 2.08. The van der Waals surface area contributed by atoms with E-state index in [1.807, 2.05) is 6.07 Å². The van der Waals surface area contributed by atoms with Crippen LogP contribution < -0.4 is 5.32 Å². The van der Waals surface area contributed by atoms with Crippen molar-refractivity contribution in [2.45, 2.75) is 18.9 Å². The van der Waals surface area contributed by atoms with Crippen LogP contribution in [-0.4, -0.2) is 36.7 Å². The van der Waals surface area contributed by atoms with E-state index in [1.54, 1.807) is 25.3 Å². The van der Waals surface area contributed by atoms with Crippen molar-refractivity contribution >= 4 is 34.5 Å². The third-order valence-electron chi connectivity index (χ3n) is 2.53. The number of halogens is 1. The van der Waals surface area contributed by atoms with E-state index in [1.165, 1.54) is 0 Å². The maximum atomic E-state index is 11.9. The number of hydrogen-bond donors (Lipinski definition) is 2. The van der Waals surface area contributed by atoms with Crippen LogP contribution in [-0.2, 0) is 9.53 Å². The number of methoxy groups -OCH3 is 1. The van der Waals surface area contributed by atoms with Crippen molar-refractivity contribution in [3.05, 3.63) is 33.4 Å². The molecule has 0 heterocycles. The second kappa shape index (κ2) is 8.11. The first-order valence-corrected chi connectivity index (χ1v) is 6.90. The highest BCUT2D eigenvalue weighted by molar-refractivity contribution is 14.1. The summed E-state index contributed by atoms with van der Waals surface area (Å²) in [5, 5.41) is 11.6. The number of rotatable bonds is 7. The number of benzene rings is 1. The van der Waals surface area contributed by atoms with E-state index in [0.717, 1.165) is 3.57 Å². The third-order valence-corrected chi connectivity index (χ3v) is 3.20. The lowest BCUT2D eigenvalue weighted by Gasteiger charge is -2.14. The predicted octanol–water partition coefficient (Wildman–Crippen LogP) is 1.90. The molecule has 1 aromatic carbocycles. The number of amides is 1. The van der Waals surface area contributed by atoms with Gasteiger partial charge in [-0.2, -0.15) is 0 Å². The lowest BCUT2D eigenvalue weighted by atomic mass is 10.1. The van der Waals surface area contributed by atoms with Crippen LogP contribution in [0.15, 0.2) is 24.3 Å². The quantitative estimate of drug-likeness (QED) is 0.562. The van der Waals surface area contributed by atoms with Gasteiger partial charge < -0.3 is 15.2 Å². The summed E-state index contributed by atoms with van der Waals surface area (Å²) in [5.41, 5.74) is 0.463. The summed E-state index contributed by atoms with van der Waals surface area (Å²) in [5.74, 6) is -1.40. The van der Waals surface area contributed by atoms with Gasteiger partial charge in [-0.05, 0) is 53.6 Å². The summed E-state index contributed by atoms with van der Waals surface area (Å²) < 4.78 is 5.80. The SMILES string of the molecule is COCCCC(NC(=O)c1cccc(I)c1)C(=O)O. The molecule has 0 saturated carbocycles. The number of carbonyl (C=O) groups excluding carboxylic acids is 1. The van der Waals surface area contributed by atoms with Gasteiger partial charge in [-0.15, -0.1) is 0 Å². The number of nitrogens with one attached hydrogen (secondary N) is 1. The van der Waals surface area contributed by atoms with Crippen LogP contribution in [0.3, 0.4) is 0 Å². The molecule has 0 aromatic heterocycles. The molecular formula is C13H16INO4. The Morgan fingerprint density at radius 2 is 2.21 bits per heavy atom. The molecule has 1 amide bonds. The standard InChI is InChI=1S/C13H16INO4/c1-19-7-3-6-11(13(17)18)15-12(16)9-4-2-5-10(14)8-9/h2,4-5,8,11H,3,6-7H2,1H3,(H,15,16)(H,17,18). The number of hydrogen-bond acceptors (Lipinski definition) is 3. The Labute approximate surface area is 125 Å². The van der Waals surface area contributed by atoms with Crippen molar-refractivity contribution in [3.63, 3.8) is 0 Å². The molecule has 0 aliphatic rings. The molecule has 0 saturated heterocycles. The van der Waals surface area contributed by atoms with Crippen molar-refractivity contribution in [1.82, 2.24) is 5.32 Å². The fraction of sp³-hybridized carbons (Fsp3) is 0.385. The van der Waals surface area contributed by atoms with Gasteiger partial charge >= 0.3 is 5.97 Å². The van der Waals surface area contributed by atoms with E-state index >= 15 is 0 Å². The zero-order valence-corrected chi connectivity index (χ0v) is 12.7. The molecule has 1 atom stereocenters. The van der Waals surface area contributed by atoms with Gasteiger partial charge in [0.1, 0.15) is 6.04 Å². The lowest BCUT2D eigenvalue weighted by molar-refractivity contribution is -0.139. The van der Waals surface area contributed by atoms with Crippen molar-refractivity contribution in [1.29, 1.82) is 0 Å². The smallest absolute Gasteiger partial charge is 0.326 e. The highest BCUT2D eigenvalue weighted by Gasteiger charge is 2.20. The molecule has 0 radical (unpaired) electrons. The molecule has 0 aliphatic heterocycles. The van der Waals surface area contributed by atoms with Gasteiger partial charge in [-0.1, -0.05) is 6.07 Å². The summed E-state index contributed by atoms with van der Waals surface area (Å²) in [6.07, 6.45) is 0.929. The monoisotopic (exact) mass is 377 g/mol. The van der Waals surface area contributed by atoms with Crippen LogP contribution in [0.2, 0.25) is 0 Å². The van der Waals surface area contributed by atoms with Crippen molar-refractivity contribution in [2.24, 2.45) is 0 Å². The Morgan fingerprint density at radius 1 is 1.47 bits per heavy atom. The Bertz CT molecular complexity index is 450. The average molecular weight is 377 g/mol. The zero-order valence-electron chi connectivity index (χ0n) is 10.6. The van der Waals surface area contributed by atoms with Crippen LogP contribution in [0.1, 0.15) is 23.2 Å². The van der Waals surface area contributed by atoms with Gasteiger partial charge in [0, 0.05) is 22.9 Å². The summed E-state index contributed by atoms with van der Waals surface area (Å²) in [6, 6.07) is 6.11. The first kappa shape index (κ1) is 15.9. The average Bonchev–Trinajstić information content (AvgIpc) is 2.37. The van der Waals surface area contributed by atoms with Crippen LogP contribution in [0.5, 0.6) is 0 Å². The molecule has 1 aromatic rings. The minimum Gasteiger partial charge on any atom is -0.480 e. The number of carboxylic acid groups (broad SMARTS) is 1. The molecule has 1 unspecified atom stereocenters. The summed E-state index contributed by atoms with van der Waals surface area (Å²) in [7, 11) is 1.56. The van der Waals surface area contributed by atoms with E-state index in [0.29, 0.717) is 25.0 Å². The fourth-order valence-electron chi connectivity index (χ4n) is 1.56. The molecule has 0 fully saturated rings. The van der Waals surface area contributed by atoms with Gasteiger partial charge in [-0.3, -0.25) is 4.79 Å². The van der Waals surface area contributed by atoms with E-state index in [4.69, 9.17) is 9.84 Å². The third kappa shape index (κ3) is 5.56. The Hall–Kier alpha value is -1.15. The zero-order chi connectivity index (χ0) is 14.3. The molecular weight excluding hydrogens is 361 g/mol. The first-order chi connectivity index (χ1) is 9.04. The summed E-state index contributed by atoms with van der Waals surface area (Å²) in [4.78, 5) is 23.0. The minimum atomic E-state index is -1.03. The van der Waals surface area contributed by atoms with Gasteiger partial charge in [-0.25, -0.2) is 4.79 Å². The molecule has 0 spiro atoms. The summed E-state index contributed by atoms with van der Waals surface area (Å²) >= 11 is 2.10. The Morgan fingerprint density at radius 3 is 2.79 bits per heavy atom. The summed E-state index contributed by atoms with van der Waals surface area (Å²) in [6.45, 7) is 0.475. The second-order valence-corrected chi connectivity index (χ2v) is 5.26. The van der Waals surface area contributed by atoms with Gasteiger partial charge in [0.25, 0.3) is 5.91 Å².